The second-order valence-corrected chi connectivity index (χ2v) is 3.76. The first-order valence-corrected chi connectivity index (χ1v) is 5.52. The van der Waals surface area contributed by atoms with Crippen LogP contribution in [-0.2, 0) is 13.0 Å². The molecule has 6 nitrogen and oxygen atoms in total. The third-order valence-corrected chi connectivity index (χ3v) is 2.23. The Morgan fingerprint density at radius 2 is 2.12 bits per heavy atom. The monoisotopic (exact) mass is 233 g/mol. The van der Waals surface area contributed by atoms with Crippen molar-refractivity contribution in [3.63, 3.8) is 0 Å². The molecule has 2 aromatic rings. The van der Waals surface area contributed by atoms with E-state index in [9.17, 15) is 0 Å². The summed E-state index contributed by atoms with van der Waals surface area (Å²) in [6, 6.07) is 1.90. The molecule has 0 aliphatic carbocycles. The molecular formula is C11H15N5O. The lowest BCUT2D eigenvalue weighted by Gasteiger charge is -2.02. The molecule has 90 valence electrons. The second kappa shape index (κ2) is 5.49. The molecule has 1 N–H and O–H groups in total. The molecule has 0 atom stereocenters. The maximum atomic E-state index is 5.01. The van der Waals surface area contributed by atoms with Crippen molar-refractivity contribution in [1.82, 2.24) is 25.4 Å². The van der Waals surface area contributed by atoms with E-state index < -0.39 is 0 Å². The fraction of sp³-hybridized carbons (Fsp3) is 0.455. The van der Waals surface area contributed by atoms with Crippen LogP contribution in [0.25, 0.3) is 0 Å². The molecule has 0 bridgehead atoms. The molecule has 17 heavy (non-hydrogen) atoms. The van der Waals surface area contributed by atoms with Crippen LogP contribution >= 0.6 is 0 Å². The lowest BCUT2D eigenvalue weighted by molar-refractivity contribution is 0.372. The summed E-state index contributed by atoms with van der Waals surface area (Å²) >= 11 is 0. The Morgan fingerprint density at radius 3 is 2.82 bits per heavy atom. The molecule has 6 heteroatoms. The van der Waals surface area contributed by atoms with Crippen molar-refractivity contribution in [2.75, 3.05) is 6.54 Å². The molecule has 0 saturated carbocycles. The zero-order valence-electron chi connectivity index (χ0n) is 9.97. The van der Waals surface area contributed by atoms with E-state index in [-0.39, 0.29) is 0 Å². The lowest BCUT2D eigenvalue weighted by Crippen LogP contribution is -2.17. The minimum Gasteiger partial charge on any atom is -0.339 e. The smallest absolute Gasteiger partial charge is 0.227 e. The third kappa shape index (κ3) is 3.60. The molecule has 0 fully saturated rings. The van der Waals surface area contributed by atoms with E-state index in [1.807, 2.05) is 19.9 Å². The van der Waals surface area contributed by atoms with Crippen LogP contribution in [0.4, 0.5) is 0 Å². The highest BCUT2D eigenvalue weighted by Gasteiger charge is 2.01. The maximum absolute atomic E-state index is 5.01. The zero-order chi connectivity index (χ0) is 12.1. The van der Waals surface area contributed by atoms with E-state index in [4.69, 9.17) is 4.52 Å². The van der Waals surface area contributed by atoms with Gasteiger partial charge in [-0.25, -0.2) is 9.97 Å². The van der Waals surface area contributed by atoms with Gasteiger partial charge in [0.2, 0.25) is 5.89 Å². The van der Waals surface area contributed by atoms with E-state index in [2.05, 4.69) is 25.4 Å². The van der Waals surface area contributed by atoms with Gasteiger partial charge in [-0.2, -0.15) is 4.98 Å². The Labute approximate surface area is 99.5 Å². The average Bonchev–Trinajstić information content (AvgIpc) is 2.71. The van der Waals surface area contributed by atoms with Gasteiger partial charge < -0.3 is 9.84 Å². The summed E-state index contributed by atoms with van der Waals surface area (Å²) < 4.78 is 5.01. The number of aromatic nitrogens is 4. The summed E-state index contributed by atoms with van der Waals surface area (Å²) in [7, 11) is 0. The summed E-state index contributed by atoms with van der Waals surface area (Å²) in [6.07, 6.45) is 2.49. The molecule has 0 aliphatic heterocycles. The summed E-state index contributed by atoms with van der Waals surface area (Å²) in [6.45, 7) is 5.19. The molecule has 0 aliphatic rings. The molecule has 2 aromatic heterocycles. The number of hydrogen-bond acceptors (Lipinski definition) is 6. The normalized spacial score (nSPS) is 10.7. The summed E-state index contributed by atoms with van der Waals surface area (Å²) in [5, 5.41) is 7.00. The van der Waals surface area contributed by atoms with Crippen LogP contribution in [0, 0.1) is 13.8 Å². The topological polar surface area (TPSA) is 76.7 Å². The average molecular weight is 233 g/mol. The molecule has 0 amide bonds. The Hall–Kier alpha value is -1.82. The van der Waals surface area contributed by atoms with Gasteiger partial charge in [0.25, 0.3) is 0 Å². The van der Waals surface area contributed by atoms with Crippen molar-refractivity contribution >= 4 is 0 Å². The van der Waals surface area contributed by atoms with Crippen molar-refractivity contribution in [2.24, 2.45) is 0 Å². The standard InChI is InChI=1S/C11H15N5O/c1-8-13-6-3-10(14-8)7-12-5-4-11-15-9(2)16-17-11/h3,6,12H,4-5,7H2,1-2H3. The molecule has 0 unspecified atom stereocenters. The number of rotatable bonds is 5. The minimum absolute atomic E-state index is 0.661. The van der Waals surface area contributed by atoms with E-state index >= 15 is 0 Å². The number of nitrogens with zero attached hydrogens (tertiary/aromatic N) is 4. The number of aryl methyl sites for hydroxylation is 2. The van der Waals surface area contributed by atoms with Gasteiger partial charge in [0.15, 0.2) is 5.82 Å². The van der Waals surface area contributed by atoms with Crippen LogP contribution < -0.4 is 5.32 Å². The predicted molar refractivity (Wildman–Crippen MR) is 61.2 cm³/mol. The highest BCUT2D eigenvalue weighted by atomic mass is 16.5. The Balaban J connectivity index is 1.73. The van der Waals surface area contributed by atoms with Gasteiger partial charge in [0.1, 0.15) is 5.82 Å². The van der Waals surface area contributed by atoms with Crippen LogP contribution in [0.2, 0.25) is 0 Å². The summed E-state index contributed by atoms with van der Waals surface area (Å²) in [4.78, 5) is 12.5. The zero-order valence-corrected chi connectivity index (χ0v) is 9.97. The maximum Gasteiger partial charge on any atom is 0.227 e. The van der Waals surface area contributed by atoms with Gasteiger partial charge in [0, 0.05) is 25.7 Å². The lowest BCUT2D eigenvalue weighted by atomic mass is 10.3. The Morgan fingerprint density at radius 1 is 1.24 bits per heavy atom. The van der Waals surface area contributed by atoms with Crippen LogP contribution in [0.5, 0.6) is 0 Å². The molecule has 2 rings (SSSR count). The summed E-state index contributed by atoms with van der Waals surface area (Å²) in [5.74, 6) is 2.12. The summed E-state index contributed by atoms with van der Waals surface area (Å²) in [5.41, 5.74) is 0.985. The fourth-order valence-electron chi connectivity index (χ4n) is 1.46. The van der Waals surface area contributed by atoms with Crippen molar-refractivity contribution in [2.45, 2.75) is 26.8 Å². The first kappa shape index (κ1) is 11.7. The highest BCUT2D eigenvalue weighted by Crippen LogP contribution is 1.97. The minimum atomic E-state index is 0.661. The molecule has 2 heterocycles. The van der Waals surface area contributed by atoms with E-state index in [1.54, 1.807) is 6.20 Å². The van der Waals surface area contributed by atoms with Gasteiger partial charge >= 0.3 is 0 Å². The molecule has 0 spiro atoms. The van der Waals surface area contributed by atoms with Crippen molar-refractivity contribution in [3.8, 4) is 0 Å². The SMILES string of the molecule is Cc1nccc(CNCCc2nc(C)no2)n1. The molecular weight excluding hydrogens is 218 g/mol. The predicted octanol–water partition coefficient (Wildman–Crippen LogP) is 0.809. The Kier molecular flexibility index (Phi) is 3.77. The van der Waals surface area contributed by atoms with Crippen LogP contribution in [0.3, 0.4) is 0 Å². The van der Waals surface area contributed by atoms with E-state index in [0.29, 0.717) is 11.7 Å². The van der Waals surface area contributed by atoms with Crippen molar-refractivity contribution in [3.05, 3.63) is 35.5 Å². The molecule has 0 saturated heterocycles. The van der Waals surface area contributed by atoms with Crippen LogP contribution in [0.1, 0.15) is 23.2 Å². The first-order chi connectivity index (χ1) is 8.24. The number of nitrogens with one attached hydrogen (secondary N) is 1. The molecule has 0 radical (unpaired) electrons. The van der Waals surface area contributed by atoms with Gasteiger partial charge in [-0.05, 0) is 19.9 Å². The van der Waals surface area contributed by atoms with Gasteiger partial charge in [-0.3, -0.25) is 0 Å². The quantitative estimate of drug-likeness (QED) is 0.770. The first-order valence-electron chi connectivity index (χ1n) is 5.52. The van der Waals surface area contributed by atoms with Crippen LogP contribution in [-0.4, -0.2) is 26.7 Å². The van der Waals surface area contributed by atoms with E-state index in [0.717, 1.165) is 31.0 Å². The van der Waals surface area contributed by atoms with E-state index in [1.165, 1.54) is 0 Å². The molecule has 0 aromatic carbocycles. The highest BCUT2D eigenvalue weighted by molar-refractivity contribution is 5.01. The Bertz CT molecular complexity index is 482. The fourth-order valence-corrected chi connectivity index (χ4v) is 1.46. The largest absolute Gasteiger partial charge is 0.339 e. The van der Waals surface area contributed by atoms with Crippen molar-refractivity contribution in [1.29, 1.82) is 0 Å². The van der Waals surface area contributed by atoms with Gasteiger partial charge in [-0.15, -0.1) is 0 Å². The van der Waals surface area contributed by atoms with Gasteiger partial charge in [-0.1, -0.05) is 5.16 Å². The van der Waals surface area contributed by atoms with Crippen molar-refractivity contribution < 1.29 is 4.52 Å². The van der Waals surface area contributed by atoms with Gasteiger partial charge in [0.05, 0.1) is 5.69 Å². The number of hydrogen-bond donors (Lipinski definition) is 1. The second-order valence-electron chi connectivity index (χ2n) is 3.76. The third-order valence-electron chi connectivity index (χ3n) is 2.23. The van der Waals surface area contributed by atoms with Crippen LogP contribution in [0.15, 0.2) is 16.8 Å².